The van der Waals surface area contributed by atoms with Crippen molar-refractivity contribution in [2.75, 3.05) is 6.61 Å². The molecule has 0 saturated carbocycles. The standard InChI is InChI=1S/C6H8F2O5/c1-3(9)4(10)5(11)13-2-6(7,8)12/h4,10,12H,2H2,1H3. The fourth-order valence-corrected chi connectivity index (χ4v) is 0.403. The van der Waals surface area contributed by atoms with Gasteiger partial charge in [-0.05, 0) is 6.92 Å². The Kier molecular flexibility index (Phi) is 3.89. The molecule has 76 valence electrons. The van der Waals surface area contributed by atoms with Crippen LogP contribution in [0.25, 0.3) is 0 Å². The Balaban J connectivity index is 3.96. The van der Waals surface area contributed by atoms with Crippen LogP contribution in [0.4, 0.5) is 8.78 Å². The lowest BCUT2D eigenvalue weighted by molar-refractivity contribution is -0.233. The summed E-state index contributed by atoms with van der Waals surface area (Å²) in [6.07, 6.45) is -6.24. The Bertz CT molecular complexity index is 210. The van der Waals surface area contributed by atoms with Crippen molar-refractivity contribution >= 4 is 11.8 Å². The SMILES string of the molecule is CC(=O)C(O)C(=O)OCC(O)(F)F. The monoisotopic (exact) mass is 198 g/mol. The summed E-state index contributed by atoms with van der Waals surface area (Å²) >= 11 is 0. The molecule has 0 rings (SSSR count). The third-order valence-corrected chi connectivity index (χ3v) is 0.996. The number of hydrogen-bond donors (Lipinski definition) is 2. The topological polar surface area (TPSA) is 83.8 Å². The van der Waals surface area contributed by atoms with Crippen LogP contribution in [0.15, 0.2) is 0 Å². The molecule has 0 aromatic rings. The number of Topliss-reactive ketones (excluding diaryl/α,β-unsaturated/α-hetero) is 1. The molecule has 0 aromatic carbocycles. The molecule has 5 nitrogen and oxygen atoms in total. The Hall–Kier alpha value is -1.08. The van der Waals surface area contributed by atoms with E-state index in [-0.39, 0.29) is 0 Å². The van der Waals surface area contributed by atoms with E-state index in [1.54, 1.807) is 0 Å². The highest BCUT2D eigenvalue weighted by Crippen LogP contribution is 2.08. The molecule has 7 heteroatoms. The Morgan fingerprint density at radius 2 is 2.00 bits per heavy atom. The second kappa shape index (κ2) is 4.24. The normalized spacial score (nSPS) is 13.6. The molecule has 0 radical (unpaired) electrons. The summed E-state index contributed by atoms with van der Waals surface area (Å²) in [6.45, 7) is -0.695. The summed E-state index contributed by atoms with van der Waals surface area (Å²) in [7, 11) is 0. The van der Waals surface area contributed by atoms with Crippen molar-refractivity contribution in [1.29, 1.82) is 0 Å². The van der Waals surface area contributed by atoms with Crippen molar-refractivity contribution in [3.63, 3.8) is 0 Å². The molecule has 2 N–H and O–H groups in total. The number of ketones is 1. The number of aliphatic hydroxyl groups is 2. The third-order valence-electron chi connectivity index (χ3n) is 0.996. The van der Waals surface area contributed by atoms with Crippen LogP contribution in [-0.4, -0.2) is 40.8 Å². The van der Waals surface area contributed by atoms with Gasteiger partial charge >= 0.3 is 12.1 Å². The first-order valence-electron chi connectivity index (χ1n) is 3.19. The predicted molar refractivity (Wildman–Crippen MR) is 34.8 cm³/mol. The van der Waals surface area contributed by atoms with Crippen LogP contribution in [0.3, 0.4) is 0 Å². The van der Waals surface area contributed by atoms with E-state index in [4.69, 9.17) is 10.2 Å². The first kappa shape index (κ1) is 11.9. The highest BCUT2D eigenvalue weighted by atomic mass is 19.3. The maximum absolute atomic E-state index is 11.7. The van der Waals surface area contributed by atoms with Crippen molar-refractivity contribution in [3.8, 4) is 0 Å². The minimum Gasteiger partial charge on any atom is -0.454 e. The molecule has 1 atom stereocenters. The molecule has 0 spiro atoms. The third kappa shape index (κ3) is 5.21. The molecule has 0 heterocycles. The summed E-state index contributed by atoms with van der Waals surface area (Å²) < 4.78 is 27.0. The van der Waals surface area contributed by atoms with Gasteiger partial charge in [0.25, 0.3) is 0 Å². The minimum atomic E-state index is -4.16. The van der Waals surface area contributed by atoms with Crippen molar-refractivity contribution in [2.45, 2.75) is 19.1 Å². The predicted octanol–water partition coefficient (Wildman–Crippen LogP) is -0.935. The van der Waals surface area contributed by atoms with Crippen LogP contribution in [-0.2, 0) is 14.3 Å². The molecule has 0 aromatic heterocycles. The van der Waals surface area contributed by atoms with Gasteiger partial charge in [-0.1, -0.05) is 0 Å². The highest BCUT2D eigenvalue weighted by molar-refractivity contribution is 6.00. The Morgan fingerprint density at radius 1 is 1.54 bits per heavy atom. The fourth-order valence-electron chi connectivity index (χ4n) is 0.403. The largest absolute Gasteiger partial charge is 0.454 e. The number of ether oxygens (including phenoxy) is 1. The Labute approximate surface area is 71.9 Å². The molecule has 0 saturated heterocycles. The van der Waals surface area contributed by atoms with Crippen LogP contribution in [0.2, 0.25) is 0 Å². The molecular formula is C6H8F2O5. The summed E-state index contributed by atoms with van der Waals surface area (Å²) in [5.41, 5.74) is 0. The van der Waals surface area contributed by atoms with Crippen molar-refractivity contribution in [2.24, 2.45) is 0 Å². The van der Waals surface area contributed by atoms with Crippen LogP contribution in [0, 0.1) is 0 Å². The molecular weight excluding hydrogens is 190 g/mol. The quantitative estimate of drug-likeness (QED) is 0.450. The van der Waals surface area contributed by atoms with Gasteiger partial charge in [0, 0.05) is 0 Å². The van der Waals surface area contributed by atoms with Gasteiger partial charge in [-0.3, -0.25) is 4.79 Å². The summed E-state index contributed by atoms with van der Waals surface area (Å²) in [5, 5.41) is 16.5. The van der Waals surface area contributed by atoms with Crippen molar-refractivity contribution < 1.29 is 33.3 Å². The van der Waals surface area contributed by atoms with Gasteiger partial charge in [0.2, 0.25) is 6.10 Å². The maximum Gasteiger partial charge on any atom is 0.387 e. The van der Waals surface area contributed by atoms with E-state index in [0.29, 0.717) is 0 Å². The minimum absolute atomic E-state index is 0.892. The molecule has 0 aliphatic rings. The van der Waals surface area contributed by atoms with Crippen LogP contribution >= 0.6 is 0 Å². The number of esters is 1. The second-order valence-electron chi connectivity index (χ2n) is 2.29. The zero-order valence-electron chi connectivity index (χ0n) is 6.66. The van der Waals surface area contributed by atoms with E-state index >= 15 is 0 Å². The van der Waals surface area contributed by atoms with Crippen LogP contribution in [0.1, 0.15) is 6.92 Å². The first-order chi connectivity index (χ1) is 5.74. The summed E-state index contributed by atoms with van der Waals surface area (Å²) in [6, 6.07) is 0. The summed E-state index contributed by atoms with van der Waals surface area (Å²) in [5.74, 6) is -2.44. The van der Waals surface area contributed by atoms with Gasteiger partial charge in [0.1, 0.15) is 0 Å². The first-order valence-corrected chi connectivity index (χ1v) is 3.19. The fraction of sp³-hybridized carbons (Fsp3) is 0.667. The molecule has 0 aliphatic carbocycles. The van der Waals surface area contributed by atoms with Gasteiger partial charge in [0.15, 0.2) is 12.4 Å². The molecule has 0 aliphatic heterocycles. The van der Waals surface area contributed by atoms with Crippen LogP contribution < -0.4 is 0 Å². The zero-order chi connectivity index (χ0) is 10.6. The van der Waals surface area contributed by atoms with Gasteiger partial charge in [-0.15, -0.1) is 0 Å². The molecule has 1 unspecified atom stereocenters. The number of aliphatic hydroxyl groups excluding tert-OH is 1. The van der Waals surface area contributed by atoms with Crippen LogP contribution in [0.5, 0.6) is 0 Å². The lowest BCUT2D eigenvalue weighted by Crippen LogP contribution is -2.33. The molecule has 0 bridgehead atoms. The number of carbonyl (C=O) groups is 2. The molecule has 0 amide bonds. The van der Waals surface area contributed by atoms with Gasteiger partial charge in [0.05, 0.1) is 0 Å². The summed E-state index contributed by atoms with van der Waals surface area (Å²) in [4.78, 5) is 20.8. The van der Waals surface area contributed by atoms with E-state index in [0.717, 1.165) is 6.92 Å². The lowest BCUT2D eigenvalue weighted by Gasteiger charge is -2.10. The van der Waals surface area contributed by atoms with E-state index in [1.807, 2.05) is 0 Å². The van der Waals surface area contributed by atoms with Gasteiger partial charge in [-0.25, -0.2) is 4.79 Å². The van der Waals surface area contributed by atoms with Crippen molar-refractivity contribution in [3.05, 3.63) is 0 Å². The number of carbonyl (C=O) groups excluding carboxylic acids is 2. The van der Waals surface area contributed by atoms with Gasteiger partial charge in [-0.2, -0.15) is 8.78 Å². The number of alkyl halides is 2. The second-order valence-corrected chi connectivity index (χ2v) is 2.29. The smallest absolute Gasteiger partial charge is 0.387 e. The van der Waals surface area contributed by atoms with Crippen molar-refractivity contribution in [1.82, 2.24) is 0 Å². The molecule has 13 heavy (non-hydrogen) atoms. The van der Waals surface area contributed by atoms with E-state index in [9.17, 15) is 18.4 Å². The van der Waals surface area contributed by atoms with E-state index < -0.39 is 30.6 Å². The molecule has 0 fully saturated rings. The Morgan fingerprint density at radius 3 is 2.31 bits per heavy atom. The zero-order valence-corrected chi connectivity index (χ0v) is 6.66. The highest BCUT2D eigenvalue weighted by Gasteiger charge is 2.29. The van der Waals surface area contributed by atoms with Gasteiger partial charge < -0.3 is 14.9 Å². The average Bonchev–Trinajstić information content (AvgIpc) is 1.97. The average molecular weight is 198 g/mol. The number of halogens is 2. The van der Waals surface area contributed by atoms with E-state index in [2.05, 4.69) is 4.74 Å². The van der Waals surface area contributed by atoms with E-state index in [1.165, 1.54) is 0 Å². The number of rotatable bonds is 4. The number of hydrogen-bond acceptors (Lipinski definition) is 5. The lowest BCUT2D eigenvalue weighted by atomic mass is 10.3. The maximum atomic E-state index is 11.7.